The van der Waals surface area contributed by atoms with E-state index >= 15 is 0 Å². The maximum absolute atomic E-state index is 12.9. The maximum Gasteiger partial charge on any atom is 0.329 e. The Bertz CT molecular complexity index is 1280. The number of amides is 4. The number of nitrogens with one attached hydrogen (secondary N) is 2. The zero-order chi connectivity index (χ0) is 24.8. The number of anilines is 1. The van der Waals surface area contributed by atoms with Crippen LogP contribution in [0.2, 0.25) is 5.02 Å². The van der Waals surface area contributed by atoms with Gasteiger partial charge in [0.1, 0.15) is 5.70 Å². The van der Waals surface area contributed by atoms with Crippen molar-refractivity contribution in [2.75, 3.05) is 19.0 Å². The van der Waals surface area contributed by atoms with Crippen LogP contribution in [0.5, 0.6) is 11.5 Å². The third-order valence-electron chi connectivity index (χ3n) is 5.15. The number of imide groups is 1. The molecule has 9 heteroatoms. The second-order valence-electron chi connectivity index (χ2n) is 7.59. The van der Waals surface area contributed by atoms with Crippen LogP contribution in [-0.4, -0.2) is 36.5 Å². The van der Waals surface area contributed by atoms with E-state index in [2.05, 4.69) is 10.6 Å². The lowest BCUT2D eigenvalue weighted by Crippen LogP contribution is -2.30. The predicted molar refractivity (Wildman–Crippen MR) is 132 cm³/mol. The average Bonchev–Trinajstić information content (AvgIpc) is 3.12. The molecule has 0 saturated carbocycles. The molecule has 0 atom stereocenters. The zero-order valence-electron chi connectivity index (χ0n) is 18.8. The second-order valence-corrected chi connectivity index (χ2v) is 8.02. The van der Waals surface area contributed by atoms with Crippen molar-refractivity contribution in [1.82, 2.24) is 10.2 Å². The average molecular weight is 492 g/mol. The van der Waals surface area contributed by atoms with E-state index in [1.165, 1.54) is 13.2 Å². The summed E-state index contributed by atoms with van der Waals surface area (Å²) in [5, 5.41) is 5.90. The zero-order valence-corrected chi connectivity index (χ0v) is 19.5. The van der Waals surface area contributed by atoms with Crippen LogP contribution in [0.25, 0.3) is 6.08 Å². The fourth-order valence-corrected chi connectivity index (χ4v) is 3.59. The third-order valence-corrected chi connectivity index (χ3v) is 5.40. The molecule has 8 nitrogen and oxygen atoms in total. The number of hydrogen-bond acceptors (Lipinski definition) is 5. The van der Waals surface area contributed by atoms with Gasteiger partial charge >= 0.3 is 6.03 Å². The minimum absolute atomic E-state index is 0.0794. The summed E-state index contributed by atoms with van der Waals surface area (Å²) in [5.74, 6) is -0.203. The normalized spacial score (nSPS) is 14.1. The summed E-state index contributed by atoms with van der Waals surface area (Å²) in [6.07, 6.45) is 1.50. The highest BCUT2D eigenvalue weighted by atomic mass is 35.5. The van der Waals surface area contributed by atoms with E-state index in [4.69, 9.17) is 21.1 Å². The number of rotatable bonds is 8. The summed E-state index contributed by atoms with van der Waals surface area (Å²) >= 11 is 5.91. The first-order chi connectivity index (χ1) is 16.9. The van der Waals surface area contributed by atoms with Gasteiger partial charge < -0.3 is 20.1 Å². The summed E-state index contributed by atoms with van der Waals surface area (Å²) in [6, 6.07) is 20.4. The number of benzene rings is 3. The quantitative estimate of drug-likeness (QED) is 0.358. The number of halogens is 1. The molecule has 4 amide bonds. The lowest BCUT2D eigenvalue weighted by molar-refractivity contribution is -0.123. The number of nitrogens with zero attached hydrogens (tertiary/aromatic N) is 1. The van der Waals surface area contributed by atoms with E-state index in [1.807, 2.05) is 18.2 Å². The Morgan fingerprint density at radius 2 is 1.77 bits per heavy atom. The first-order valence-corrected chi connectivity index (χ1v) is 11.1. The van der Waals surface area contributed by atoms with Crippen molar-refractivity contribution < 1.29 is 23.9 Å². The molecule has 4 rings (SSSR count). The molecule has 1 saturated heterocycles. The number of methoxy groups -OCH3 is 1. The molecular formula is C26H22ClN3O5. The molecule has 35 heavy (non-hydrogen) atoms. The number of urea groups is 1. The van der Waals surface area contributed by atoms with Crippen molar-refractivity contribution in [3.8, 4) is 11.5 Å². The number of hydrogen-bond donors (Lipinski definition) is 2. The Balaban J connectivity index is 1.51. The molecule has 1 fully saturated rings. The maximum atomic E-state index is 12.9. The van der Waals surface area contributed by atoms with Crippen LogP contribution in [0.4, 0.5) is 10.5 Å². The lowest BCUT2D eigenvalue weighted by Gasteiger charge is -2.14. The molecular weight excluding hydrogens is 470 g/mol. The van der Waals surface area contributed by atoms with Gasteiger partial charge in [0.15, 0.2) is 18.1 Å². The van der Waals surface area contributed by atoms with Crippen molar-refractivity contribution in [1.29, 1.82) is 0 Å². The highest BCUT2D eigenvalue weighted by molar-refractivity contribution is 6.30. The van der Waals surface area contributed by atoms with Gasteiger partial charge in [-0.1, -0.05) is 54.1 Å². The van der Waals surface area contributed by atoms with Gasteiger partial charge in [0.25, 0.3) is 11.8 Å². The smallest absolute Gasteiger partial charge is 0.329 e. The molecule has 0 aliphatic carbocycles. The molecule has 3 aromatic rings. The Morgan fingerprint density at radius 3 is 2.49 bits per heavy atom. The van der Waals surface area contributed by atoms with Crippen LogP contribution in [0.1, 0.15) is 11.1 Å². The number of carbonyl (C=O) groups is 3. The van der Waals surface area contributed by atoms with Gasteiger partial charge in [-0.25, -0.2) is 4.79 Å². The molecule has 1 heterocycles. The van der Waals surface area contributed by atoms with Gasteiger partial charge in [-0.2, -0.15) is 0 Å². The minimum Gasteiger partial charge on any atom is -0.493 e. The largest absolute Gasteiger partial charge is 0.493 e. The fourth-order valence-electron chi connectivity index (χ4n) is 3.46. The molecule has 178 valence electrons. The first kappa shape index (κ1) is 23.8. The van der Waals surface area contributed by atoms with Crippen molar-refractivity contribution in [3.63, 3.8) is 0 Å². The Hall–Kier alpha value is -4.30. The fraction of sp³-hybridized carbons (Fsp3) is 0.115. The standard InChI is InChI=1S/C26H22ClN3O5/c1-34-22-9-5-6-18(24(22)35-16-23(31)28-20-7-3-2-4-8-20)14-21-25(32)30(26(33)29-21)15-17-10-12-19(27)13-11-17/h2-14H,15-16H2,1H3,(H,28,31)(H,29,33)/b21-14+. The van der Waals surface area contributed by atoms with Crippen molar-refractivity contribution in [3.05, 3.63) is 94.6 Å². The summed E-state index contributed by atoms with van der Waals surface area (Å²) in [4.78, 5) is 38.9. The molecule has 0 unspecified atom stereocenters. The molecule has 0 bridgehead atoms. The van der Waals surface area contributed by atoms with Crippen LogP contribution in [0.3, 0.4) is 0 Å². The first-order valence-electron chi connectivity index (χ1n) is 10.7. The summed E-state index contributed by atoms with van der Waals surface area (Å²) in [7, 11) is 1.47. The van der Waals surface area contributed by atoms with E-state index in [1.54, 1.807) is 54.6 Å². The van der Waals surface area contributed by atoms with Crippen LogP contribution in [-0.2, 0) is 16.1 Å². The molecule has 1 aliphatic rings. The van der Waals surface area contributed by atoms with Crippen LogP contribution < -0.4 is 20.1 Å². The molecule has 2 N–H and O–H groups in total. The van der Waals surface area contributed by atoms with Gasteiger partial charge in [0, 0.05) is 16.3 Å². The monoisotopic (exact) mass is 491 g/mol. The van der Waals surface area contributed by atoms with E-state index in [9.17, 15) is 14.4 Å². The topological polar surface area (TPSA) is 97.0 Å². The third kappa shape index (κ3) is 5.80. The number of ether oxygens (including phenoxy) is 2. The van der Waals surface area contributed by atoms with Gasteiger partial charge in [-0.05, 0) is 42.0 Å². The van der Waals surface area contributed by atoms with E-state index < -0.39 is 11.9 Å². The van der Waals surface area contributed by atoms with Crippen LogP contribution >= 0.6 is 11.6 Å². The molecule has 0 radical (unpaired) electrons. The molecule has 0 aromatic heterocycles. The molecule has 3 aromatic carbocycles. The minimum atomic E-state index is -0.538. The SMILES string of the molecule is COc1cccc(/C=C2/NC(=O)N(Cc3ccc(Cl)cc3)C2=O)c1OCC(=O)Nc1ccccc1. The number of para-hydroxylation sites is 2. The Morgan fingerprint density at radius 1 is 1.03 bits per heavy atom. The van der Waals surface area contributed by atoms with Crippen LogP contribution in [0, 0.1) is 0 Å². The van der Waals surface area contributed by atoms with Crippen molar-refractivity contribution in [2.24, 2.45) is 0 Å². The lowest BCUT2D eigenvalue weighted by atomic mass is 10.1. The van der Waals surface area contributed by atoms with Gasteiger partial charge in [0.2, 0.25) is 0 Å². The Labute approximate surface area is 207 Å². The second kappa shape index (κ2) is 10.8. The predicted octanol–water partition coefficient (Wildman–Crippen LogP) is 4.46. The van der Waals surface area contributed by atoms with Gasteiger partial charge in [-0.3, -0.25) is 14.5 Å². The summed E-state index contributed by atoms with van der Waals surface area (Å²) in [5.41, 5.74) is 1.95. The molecule has 1 aliphatic heterocycles. The number of carbonyl (C=O) groups excluding carboxylic acids is 3. The van der Waals surface area contributed by atoms with Gasteiger partial charge in [-0.15, -0.1) is 0 Å². The van der Waals surface area contributed by atoms with Gasteiger partial charge in [0.05, 0.1) is 13.7 Å². The highest BCUT2D eigenvalue weighted by Gasteiger charge is 2.33. The van der Waals surface area contributed by atoms with Crippen molar-refractivity contribution in [2.45, 2.75) is 6.54 Å². The van der Waals surface area contributed by atoms with E-state index in [0.29, 0.717) is 22.0 Å². The summed E-state index contributed by atoms with van der Waals surface area (Å²) in [6.45, 7) is -0.186. The van der Waals surface area contributed by atoms with E-state index in [-0.39, 0.29) is 30.5 Å². The Kier molecular flexibility index (Phi) is 7.32. The molecule has 0 spiro atoms. The van der Waals surface area contributed by atoms with E-state index in [0.717, 1.165) is 10.5 Å². The highest BCUT2D eigenvalue weighted by Crippen LogP contribution is 2.33. The van der Waals surface area contributed by atoms with Crippen molar-refractivity contribution >= 4 is 41.2 Å². The van der Waals surface area contributed by atoms with Crippen LogP contribution in [0.15, 0.2) is 78.5 Å². The summed E-state index contributed by atoms with van der Waals surface area (Å²) < 4.78 is 11.1.